The lowest BCUT2D eigenvalue weighted by Crippen LogP contribution is -2.28. The highest BCUT2D eigenvalue weighted by Crippen LogP contribution is 2.25. The molecule has 0 spiro atoms. The summed E-state index contributed by atoms with van der Waals surface area (Å²) < 4.78 is 12.6. The van der Waals surface area contributed by atoms with Crippen LogP contribution in [0.2, 0.25) is 5.02 Å². The number of ether oxygens (including phenoxy) is 2. The largest absolute Gasteiger partial charge is 0.497 e. The SMILES string of the molecule is COc1cc(NC(=O)Cn2nc3ccc(-c4ccc(Cl)cc4)nn3c2=O)cc(OC)c1. The lowest BCUT2D eigenvalue weighted by Gasteiger charge is -2.09. The van der Waals surface area contributed by atoms with Crippen molar-refractivity contribution in [2.45, 2.75) is 6.54 Å². The number of amides is 1. The average molecular weight is 440 g/mol. The monoisotopic (exact) mass is 439 g/mol. The van der Waals surface area contributed by atoms with E-state index in [-0.39, 0.29) is 6.54 Å². The maximum absolute atomic E-state index is 12.7. The van der Waals surface area contributed by atoms with Gasteiger partial charge >= 0.3 is 5.69 Å². The predicted molar refractivity (Wildman–Crippen MR) is 116 cm³/mol. The van der Waals surface area contributed by atoms with Gasteiger partial charge in [-0.25, -0.2) is 9.48 Å². The van der Waals surface area contributed by atoms with Crippen LogP contribution in [0.1, 0.15) is 0 Å². The Kier molecular flexibility index (Phi) is 5.59. The van der Waals surface area contributed by atoms with E-state index in [0.717, 1.165) is 14.8 Å². The fourth-order valence-corrected chi connectivity index (χ4v) is 3.13. The lowest BCUT2D eigenvalue weighted by molar-refractivity contribution is -0.117. The highest BCUT2D eigenvalue weighted by molar-refractivity contribution is 6.30. The van der Waals surface area contributed by atoms with Gasteiger partial charge in [-0.15, -0.1) is 5.10 Å². The third-order valence-electron chi connectivity index (χ3n) is 4.51. The predicted octanol–water partition coefficient (Wildman–Crippen LogP) is 2.87. The van der Waals surface area contributed by atoms with Crippen LogP contribution in [-0.4, -0.2) is 39.5 Å². The maximum Gasteiger partial charge on any atom is 0.367 e. The summed E-state index contributed by atoms with van der Waals surface area (Å²) in [6, 6.07) is 15.5. The number of aromatic nitrogens is 4. The van der Waals surface area contributed by atoms with E-state index in [4.69, 9.17) is 21.1 Å². The van der Waals surface area contributed by atoms with Gasteiger partial charge < -0.3 is 14.8 Å². The summed E-state index contributed by atoms with van der Waals surface area (Å²) in [6.07, 6.45) is 0. The zero-order valence-corrected chi connectivity index (χ0v) is 17.5. The summed E-state index contributed by atoms with van der Waals surface area (Å²) in [7, 11) is 3.03. The van der Waals surface area contributed by atoms with Gasteiger partial charge in [0.15, 0.2) is 5.65 Å². The first-order valence-corrected chi connectivity index (χ1v) is 9.60. The Hall–Kier alpha value is -3.85. The number of methoxy groups -OCH3 is 2. The molecule has 0 aliphatic heterocycles. The summed E-state index contributed by atoms with van der Waals surface area (Å²) in [5.41, 5.74) is 1.67. The smallest absolute Gasteiger partial charge is 0.367 e. The molecule has 0 fully saturated rings. The molecule has 0 unspecified atom stereocenters. The van der Waals surface area contributed by atoms with Crippen LogP contribution in [0.25, 0.3) is 16.9 Å². The van der Waals surface area contributed by atoms with Crippen molar-refractivity contribution in [3.05, 3.63) is 70.1 Å². The fraction of sp³-hybridized carbons (Fsp3) is 0.143. The van der Waals surface area contributed by atoms with Crippen molar-refractivity contribution in [2.24, 2.45) is 0 Å². The van der Waals surface area contributed by atoms with E-state index in [0.29, 0.717) is 33.6 Å². The van der Waals surface area contributed by atoms with Crippen LogP contribution in [0.4, 0.5) is 5.69 Å². The van der Waals surface area contributed by atoms with Crippen LogP contribution in [-0.2, 0) is 11.3 Å². The molecule has 9 nitrogen and oxygen atoms in total. The van der Waals surface area contributed by atoms with E-state index in [9.17, 15) is 9.59 Å². The molecule has 4 rings (SSSR count). The molecule has 10 heteroatoms. The minimum absolute atomic E-state index is 0.280. The third-order valence-corrected chi connectivity index (χ3v) is 4.76. The van der Waals surface area contributed by atoms with Crippen molar-refractivity contribution in [3.8, 4) is 22.8 Å². The number of hydrogen-bond acceptors (Lipinski definition) is 6. The van der Waals surface area contributed by atoms with Crippen LogP contribution < -0.4 is 20.5 Å². The molecular formula is C21H18ClN5O4. The molecule has 0 saturated heterocycles. The van der Waals surface area contributed by atoms with Crippen LogP contribution >= 0.6 is 11.6 Å². The first kappa shape index (κ1) is 20.4. The number of benzene rings is 2. The standard InChI is InChI=1S/C21H18ClN5O4/c1-30-16-9-15(10-17(11-16)31-2)23-20(28)12-26-21(29)27-19(25-26)8-7-18(24-27)13-3-5-14(22)6-4-13/h3-11H,12H2,1-2H3,(H,23,28). The molecule has 2 aromatic heterocycles. The van der Waals surface area contributed by atoms with E-state index in [2.05, 4.69) is 15.5 Å². The topological polar surface area (TPSA) is 99.7 Å². The van der Waals surface area contributed by atoms with Gasteiger partial charge in [-0.05, 0) is 24.3 Å². The maximum atomic E-state index is 12.7. The van der Waals surface area contributed by atoms with Crippen molar-refractivity contribution in [1.82, 2.24) is 19.4 Å². The van der Waals surface area contributed by atoms with Crippen LogP contribution in [0.15, 0.2) is 59.4 Å². The Morgan fingerprint density at radius 2 is 1.68 bits per heavy atom. The number of carbonyl (C=O) groups is 1. The van der Waals surface area contributed by atoms with E-state index in [1.165, 1.54) is 14.2 Å². The molecule has 4 aromatic rings. The first-order chi connectivity index (χ1) is 15.0. The average Bonchev–Trinajstić information content (AvgIpc) is 3.08. The molecule has 2 heterocycles. The number of carbonyl (C=O) groups excluding carboxylic acids is 1. The number of fused-ring (bicyclic) bond motifs is 1. The molecule has 1 amide bonds. The van der Waals surface area contributed by atoms with Gasteiger partial charge in [0.2, 0.25) is 5.91 Å². The van der Waals surface area contributed by atoms with Gasteiger partial charge in [0.25, 0.3) is 0 Å². The summed E-state index contributed by atoms with van der Waals surface area (Å²) >= 11 is 5.92. The van der Waals surface area contributed by atoms with E-state index >= 15 is 0 Å². The molecule has 0 bridgehead atoms. The lowest BCUT2D eigenvalue weighted by atomic mass is 10.1. The number of nitrogens with zero attached hydrogens (tertiary/aromatic N) is 4. The van der Waals surface area contributed by atoms with Gasteiger partial charge in [0.05, 0.1) is 19.9 Å². The summed E-state index contributed by atoms with van der Waals surface area (Å²) in [6.45, 7) is -0.280. The molecule has 0 aliphatic rings. The van der Waals surface area contributed by atoms with Gasteiger partial charge in [-0.1, -0.05) is 23.7 Å². The zero-order valence-electron chi connectivity index (χ0n) is 16.7. The quantitative estimate of drug-likeness (QED) is 0.496. The van der Waals surface area contributed by atoms with Crippen LogP contribution in [0, 0.1) is 0 Å². The van der Waals surface area contributed by atoms with Crippen molar-refractivity contribution < 1.29 is 14.3 Å². The Morgan fingerprint density at radius 1 is 1.00 bits per heavy atom. The third kappa shape index (κ3) is 4.36. The second-order valence-corrected chi connectivity index (χ2v) is 7.02. The summed E-state index contributed by atoms with van der Waals surface area (Å²) in [4.78, 5) is 25.2. The molecular weight excluding hydrogens is 422 g/mol. The van der Waals surface area contributed by atoms with Gasteiger partial charge in [0.1, 0.15) is 18.0 Å². The second-order valence-electron chi connectivity index (χ2n) is 6.59. The van der Waals surface area contributed by atoms with E-state index < -0.39 is 11.6 Å². The second kappa shape index (κ2) is 8.49. The van der Waals surface area contributed by atoms with Crippen molar-refractivity contribution >= 4 is 28.8 Å². The Labute approximate surface area is 181 Å². The summed E-state index contributed by atoms with van der Waals surface area (Å²) in [5, 5.41) is 11.8. The first-order valence-electron chi connectivity index (χ1n) is 9.22. The molecule has 0 saturated carbocycles. The van der Waals surface area contributed by atoms with E-state index in [1.54, 1.807) is 42.5 Å². The highest BCUT2D eigenvalue weighted by Gasteiger charge is 2.14. The zero-order chi connectivity index (χ0) is 22.0. The van der Waals surface area contributed by atoms with Crippen molar-refractivity contribution in [1.29, 1.82) is 0 Å². The normalized spacial score (nSPS) is 10.8. The van der Waals surface area contributed by atoms with Gasteiger partial charge in [-0.3, -0.25) is 4.79 Å². The van der Waals surface area contributed by atoms with Crippen LogP contribution in [0.5, 0.6) is 11.5 Å². The van der Waals surface area contributed by atoms with Gasteiger partial charge in [0, 0.05) is 34.5 Å². The molecule has 0 atom stereocenters. The Morgan fingerprint density at radius 3 is 2.32 bits per heavy atom. The number of rotatable bonds is 6. The minimum atomic E-state index is -0.524. The van der Waals surface area contributed by atoms with Gasteiger partial charge in [-0.2, -0.15) is 9.61 Å². The summed E-state index contributed by atoms with van der Waals surface area (Å²) in [5.74, 6) is 0.621. The number of hydrogen-bond donors (Lipinski definition) is 1. The Bertz CT molecular complexity index is 1290. The molecule has 0 aliphatic carbocycles. The van der Waals surface area contributed by atoms with Crippen LogP contribution in [0.3, 0.4) is 0 Å². The molecule has 158 valence electrons. The molecule has 1 N–H and O–H groups in total. The molecule has 31 heavy (non-hydrogen) atoms. The van der Waals surface area contributed by atoms with Crippen molar-refractivity contribution in [3.63, 3.8) is 0 Å². The fourth-order valence-electron chi connectivity index (χ4n) is 3.00. The van der Waals surface area contributed by atoms with Crippen molar-refractivity contribution in [2.75, 3.05) is 19.5 Å². The molecule has 2 aromatic carbocycles. The minimum Gasteiger partial charge on any atom is -0.497 e. The highest BCUT2D eigenvalue weighted by atomic mass is 35.5. The number of anilines is 1. The Balaban J connectivity index is 1.57. The molecule has 0 radical (unpaired) electrons. The van der Waals surface area contributed by atoms with E-state index in [1.807, 2.05) is 12.1 Å². The number of halogens is 1. The number of nitrogens with one attached hydrogen (secondary N) is 1.